The smallest absolute Gasteiger partial charge is 0.187 e. The van der Waals surface area contributed by atoms with Crippen molar-refractivity contribution in [2.75, 3.05) is 13.2 Å². The predicted molar refractivity (Wildman–Crippen MR) is 44.7 cm³/mol. The zero-order valence-corrected chi connectivity index (χ0v) is 7.50. The van der Waals surface area contributed by atoms with Gasteiger partial charge in [-0.05, 0) is 13.3 Å². The molecule has 0 saturated carbocycles. The van der Waals surface area contributed by atoms with Crippen LogP contribution in [0.3, 0.4) is 0 Å². The lowest BCUT2D eigenvalue weighted by Crippen LogP contribution is -2.28. The van der Waals surface area contributed by atoms with Gasteiger partial charge >= 0.3 is 0 Å². The topological polar surface area (TPSA) is 35.5 Å². The molecule has 0 bridgehead atoms. The van der Waals surface area contributed by atoms with Crippen LogP contribution >= 0.6 is 0 Å². The summed E-state index contributed by atoms with van der Waals surface area (Å²) in [6.07, 6.45) is 2.02. The fourth-order valence-corrected chi connectivity index (χ4v) is 1.15. The highest BCUT2D eigenvalue weighted by Crippen LogP contribution is 2.12. The van der Waals surface area contributed by atoms with Crippen LogP contribution in [-0.2, 0) is 14.3 Å². The van der Waals surface area contributed by atoms with Gasteiger partial charge in [-0.2, -0.15) is 0 Å². The van der Waals surface area contributed by atoms with Crippen LogP contribution in [0.25, 0.3) is 0 Å². The quantitative estimate of drug-likeness (QED) is 0.640. The minimum Gasteiger partial charge on any atom is -0.496 e. The molecular formula is C9H14O3. The molecule has 3 heteroatoms. The average Bonchev–Trinajstić information content (AvgIpc) is 2.05. The van der Waals surface area contributed by atoms with E-state index in [2.05, 4.69) is 0 Å². The van der Waals surface area contributed by atoms with E-state index in [1.54, 1.807) is 6.08 Å². The number of carbonyl (C=O) groups excluding carboxylic acids is 1. The maximum atomic E-state index is 11.2. The second kappa shape index (κ2) is 4.26. The van der Waals surface area contributed by atoms with E-state index in [-0.39, 0.29) is 11.9 Å². The van der Waals surface area contributed by atoms with E-state index in [4.69, 9.17) is 9.47 Å². The standard InChI is InChI=1S/C9H14O3/c1-3-9-8(10)5-7(6-12-9)11-4-2/h5,9H,3-4,6H2,1-2H3. The van der Waals surface area contributed by atoms with Crippen LogP contribution in [0, 0.1) is 0 Å². The normalized spacial score (nSPS) is 23.7. The van der Waals surface area contributed by atoms with Crippen molar-refractivity contribution >= 4 is 5.78 Å². The summed E-state index contributed by atoms with van der Waals surface area (Å²) < 4.78 is 10.4. The van der Waals surface area contributed by atoms with Gasteiger partial charge in [0.05, 0.1) is 6.61 Å². The Morgan fingerprint density at radius 2 is 2.42 bits per heavy atom. The highest BCUT2D eigenvalue weighted by molar-refractivity contribution is 5.94. The van der Waals surface area contributed by atoms with Crippen LogP contribution in [0.15, 0.2) is 11.8 Å². The summed E-state index contributed by atoms with van der Waals surface area (Å²) in [5.74, 6) is 0.666. The monoisotopic (exact) mass is 170 g/mol. The third-order valence-corrected chi connectivity index (χ3v) is 1.75. The number of ether oxygens (including phenoxy) is 2. The van der Waals surface area contributed by atoms with Crippen molar-refractivity contribution in [1.29, 1.82) is 0 Å². The summed E-state index contributed by atoms with van der Waals surface area (Å²) in [5, 5.41) is 0. The van der Waals surface area contributed by atoms with Crippen LogP contribution in [0.4, 0.5) is 0 Å². The average molecular weight is 170 g/mol. The molecule has 0 amide bonds. The summed E-state index contributed by atoms with van der Waals surface area (Å²) in [6.45, 7) is 4.83. The Balaban J connectivity index is 2.55. The Hall–Kier alpha value is -0.830. The largest absolute Gasteiger partial charge is 0.496 e. The highest BCUT2D eigenvalue weighted by Gasteiger charge is 2.21. The first kappa shape index (κ1) is 9.26. The van der Waals surface area contributed by atoms with E-state index in [1.165, 1.54) is 0 Å². The van der Waals surface area contributed by atoms with Crippen LogP contribution in [-0.4, -0.2) is 25.1 Å². The van der Waals surface area contributed by atoms with Crippen molar-refractivity contribution in [3.05, 3.63) is 11.8 Å². The summed E-state index contributed by atoms with van der Waals surface area (Å²) in [7, 11) is 0. The Labute approximate surface area is 72.4 Å². The number of carbonyl (C=O) groups is 1. The molecule has 0 saturated heterocycles. The molecular weight excluding hydrogens is 156 g/mol. The first-order chi connectivity index (χ1) is 5.77. The van der Waals surface area contributed by atoms with Gasteiger partial charge in [0.25, 0.3) is 0 Å². The molecule has 0 aromatic rings. The summed E-state index contributed by atoms with van der Waals surface area (Å²) in [5.41, 5.74) is 0. The lowest BCUT2D eigenvalue weighted by molar-refractivity contribution is -0.128. The van der Waals surface area contributed by atoms with Gasteiger partial charge in [-0.3, -0.25) is 4.79 Å². The molecule has 1 aliphatic heterocycles. The predicted octanol–water partition coefficient (Wildman–Crippen LogP) is 1.28. The van der Waals surface area contributed by atoms with E-state index in [0.29, 0.717) is 19.0 Å². The molecule has 1 aliphatic rings. The molecule has 0 spiro atoms. The van der Waals surface area contributed by atoms with Crippen molar-refractivity contribution < 1.29 is 14.3 Å². The third-order valence-electron chi connectivity index (χ3n) is 1.75. The van der Waals surface area contributed by atoms with Gasteiger partial charge in [0.2, 0.25) is 0 Å². The van der Waals surface area contributed by atoms with Crippen molar-refractivity contribution in [2.45, 2.75) is 26.4 Å². The van der Waals surface area contributed by atoms with Gasteiger partial charge in [-0.15, -0.1) is 0 Å². The van der Waals surface area contributed by atoms with Gasteiger partial charge in [0.15, 0.2) is 5.78 Å². The van der Waals surface area contributed by atoms with Crippen molar-refractivity contribution in [3.63, 3.8) is 0 Å². The van der Waals surface area contributed by atoms with Crippen molar-refractivity contribution in [2.24, 2.45) is 0 Å². The van der Waals surface area contributed by atoms with Gasteiger partial charge in [-0.25, -0.2) is 0 Å². The van der Waals surface area contributed by atoms with Crippen LogP contribution < -0.4 is 0 Å². The van der Waals surface area contributed by atoms with E-state index in [1.807, 2.05) is 13.8 Å². The highest BCUT2D eigenvalue weighted by atomic mass is 16.5. The lowest BCUT2D eigenvalue weighted by atomic mass is 10.1. The van der Waals surface area contributed by atoms with Gasteiger partial charge in [-0.1, -0.05) is 6.92 Å². The first-order valence-electron chi connectivity index (χ1n) is 4.26. The first-order valence-corrected chi connectivity index (χ1v) is 4.26. The van der Waals surface area contributed by atoms with Gasteiger partial charge in [0.1, 0.15) is 18.5 Å². The maximum absolute atomic E-state index is 11.2. The van der Waals surface area contributed by atoms with Crippen molar-refractivity contribution in [1.82, 2.24) is 0 Å². The van der Waals surface area contributed by atoms with E-state index >= 15 is 0 Å². The lowest BCUT2D eigenvalue weighted by Gasteiger charge is -2.20. The Bertz CT molecular complexity index is 196. The second-order valence-corrected chi connectivity index (χ2v) is 2.65. The molecule has 0 fully saturated rings. The zero-order chi connectivity index (χ0) is 8.97. The number of hydrogen-bond acceptors (Lipinski definition) is 3. The molecule has 0 aromatic carbocycles. The van der Waals surface area contributed by atoms with Gasteiger partial charge in [0, 0.05) is 6.08 Å². The van der Waals surface area contributed by atoms with Crippen LogP contribution in [0.5, 0.6) is 0 Å². The number of hydrogen-bond donors (Lipinski definition) is 0. The molecule has 1 unspecified atom stereocenters. The SMILES string of the molecule is CCOC1=CC(=O)C(CC)OC1. The van der Waals surface area contributed by atoms with Gasteiger partial charge < -0.3 is 9.47 Å². The number of ketones is 1. The fourth-order valence-electron chi connectivity index (χ4n) is 1.15. The summed E-state index contributed by atoms with van der Waals surface area (Å²) in [6, 6.07) is 0. The van der Waals surface area contributed by atoms with Crippen LogP contribution in [0.2, 0.25) is 0 Å². The van der Waals surface area contributed by atoms with E-state index in [9.17, 15) is 4.79 Å². The molecule has 12 heavy (non-hydrogen) atoms. The second-order valence-electron chi connectivity index (χ2n) is 2.65. The molecule has 0 N–H and O–H groups in total. The molecule has 0 aliphatic carbocycles. The van der Waals surface area contributed by atoms with E-state index in [0.717, 1.165) is 6.42 Å². The minimum absolute atomic E-state index is 0.0206. The molecule has 1 heterocycles. The maximum Gasteiger partial charge on any atom is 0.187 e. The Morgan fingerprint density at radius 3 is 2.92 bits per heavy atom. The summed E-state index contributed by atoms with van der Waals surface area (Å²) in [4.78, 5) is 11.2. The molecule has 0 aromatic heterocycles. The van der Waals surface area contributed by atoms with E-state index < -0.39 is 0 Å². The molecule has 1 rings (SSSR count). The Morgan fingerprint density at radius 1 is 1.67 bits per heavy atom. The molecule has 1 atom stereocenters. The molecule has 3 nitrogen and oxygen atoms in total. The number of rotatable bonds is 3. The fraction of sp³-hybridized carbons (Fsp3) is 0.667. The summed E-state index contributed by atoms with van der Waals surface area (Å²) >= 11 is 0. The Kier molecular flexibility index (Phi) is 3.29. The van der Waals surface area contributed by atoms with Crippen molar-refractivity contribution in [3.8, 4) is 0 Å². The third kappa shape index (κ3) is 2.08. The molecule has 68 valence electrons. The van der Waals surface area contributed by atoms with Crippen LogP contribution in [0.1, 0.15) is 20.3 Å². The molecule has 0 radical (unpaired) electrons. The zero-order valence-electron chi connectivity index (χ0n) is 7.50. The minimum atomic E-state index is -0.255.